The van der Waals surface area contributed by atoms with Crippen LogP contribution in [-0.2, 0) is 0 Å². The highest BCUT2D eigenvalue weighted by atomic mass is 127. The first-order valence-corrected chi connectivity index (χ1v) is 5.28. The molecular formula is C8H3BrF2IN. The molecule has 2 rings (SSSR count). The van der Waals surface area contributed by atoms with Gasteiger partial charge in [0.15, 0.2) is 11.6 Å². The summed E-state index contributed by atoms with van der Waals surface area (Å²) in [4.78, 5) is 2.68. The Kier molecular flexibility index (Phi) is 2.31. The van der Waals surface area contributed by atoms with Gasteiger partial charge in [-0.05, 0) is 44.6 Å². The molecule has 1 N–H and O–H groups in total. The number of H-pyrrole nitrogens is 1. The minimum atomic E-state index is -0.856. The van der Waals surface area contributed by atoms with Gasteiger partial charge >= 0.3 is 0 Å². The number of nitrogens with one attached hydrogen (secondary N) is 1. The van der Waals surface area contributed by atoms with Crippen LogP contribution in [0.4, 0.5) is 8.78 Å². The van der Waals surface area contributed by atoms with Crippen LogP contribution in [0.25, 0.3) is 10.9 Å². The second-order valence-electron chi connectivity index (χ2n) is 2.55. The maximum absolute atomic E-state index is 13.2. The van der Waals surface area contributed by atoms with Crippen LogP contribution in [-0.4, -0.2) is 4.98 Å². The monoisotopic (exact) mass is 357 g/mol. The fraction of sp³-hybridized carbons (Fsp3) is 0. The lowest BCUT2D eigenvalue weighted by atomic mass is 10.2. The highest BCUT2D eigenvalue weighted by Gasteiger charge is 2.14. The Morgan fingerprint density at radius 3 is 2.69 bits per heavy atom. The smallest absolute Gasteiger partial charge is 0.184 e. The number of fused-ring (bicyclic) bond motifs is 1. The third kappa shape index (κ3) is 1.38. The van der Waals surface area contributed by atoms with Crippen LogP contribution in [0.5, 0.6) is 0 Å². The van der Waals surface area contributed by atoms with E-state index in [1.54, 1.807) is 12.3 Å². The summed E-state index contributed by atoms with van der Waals surface area (Å²) in [5, 5.41) is 0.686. The summed E-state index contributed by atoms with van der Waals surface area (Å²) >= 11 is 5.01. The van der Waals surface area contributed by atoms with Crippen LogP contribution in [0.3, 0.4) is 0 Å². The highest BCUT2D eigenvalue weighted by Crippen LogP contribution is 2.29. The molecule has 0 aliphatic heterocycles. The standard InChI is InChI=1S/C8H3BrF2IN/c9-4-1-3-5(12)2-13-8(3)7(11)6(4)10/h1-2,13H. The van der Waals surface area contributed by atoms with Gasteiger partial charge in [-0.15, -0.1) is 0 Å². The zero-order valence-corrected chi connectivity index (χ0v) is 9.91. The fourth-order valence-electron chi connectivity index (χ4n) is 1.14. The SMILES string of the molecule is Fc1c(Br)cc2c(I)c[nH]c2c1F. The third-order valence-corrected chi connectivity index (χ3v) is 3.23. The van der Waals surface area contributed by atoms with E-state index >= 15 is 0 Å². The number of halogens is 4. The van der Waals surface area contributed by atoms with Gasteiger partial charge in [-0.2, -0.15) is 0 Å². The van der Waals surface area contributed by atoms with Gasteiger partial charge in [-0.25, -0.2) is 8.78 Å². The molecule has 1 nitrogen and oxygen atoms in total. The Morgan fingerprint density at radius 1 is 1.31 bits per heavy atom. The van der Waals surface area contributed by atoms with Crippen LogP contribution in [0, 0.1) is 15.2 Å². The number of benzene rings is 1. The summed E-state index contributed by atoms with van der Waals surface area (Å²) in [5.74, 6) is -1.70. The topological polar surface area (TPSA) is 15.8 Å². The Morgan fingerprint density at radius 2 is 2.00 bits per heavy atom. The Bertz CT molecular complexity index is 480. The van der Waals surface area contributed by atoms with Crippen molar-refractivity contribution in [2.24, 2.45) is 0 Å². The molecular weight excluding hydrogens is 355 g/mol. The maximum Gasteiger partial charge on any atom is 0.184 e. The van der Waals surface area contributed by atoms with Crippen LogP contribution < -0.4 is 0 Å². The average Bonchev–Trinajstić information content (AvgIpc) is 2.45. The van der Waals surface area contributed by atoms with E-state index in [1.807, 2.05) is 0 Å². The largest absolute Gasteiger partial charge is 0.358 e. The number of aromatic nitrogens is 1. The van der Waals surface area contributed by atoms with Gasteiger partial charge in [0, 0.05) is 15.2 Å². The molecule has 0 spiro atoms. The molecule has 1 aromatic carbocycles. The van der Waals surface area contributed by atoms with E-state index < -0.39 is 11.6 Å². The number of rotatable bonds is 0. The lowest BCUT2D eigenvalue weighted by Crippen LogP contribution is -1.87. The zero-order valence-electron chi connectivity index (χ0n) is 6.17. The molecule has 1 heterocycles. The van der Waals surface area contributed by atoms with E-state index in [9.17, 15) is 8.78 Å². The molecule has 13 heavy (non-hydrogen) atoms. The predicted molar refractivity (Wildman–Crippen MR) is 58.6 cm³/mol. The maximum atomic E-state index is 13.2. The van der Waals surface area contributed by atoms with Crippen molar-refractivity contribution in [2.45, 2.75) is 0 Å². The molecule has 0 saturated carbocycles. The molecule has 0 amide bonds. The molecule has 2 aromatic rings. The predicted octanol–water partition coefficient (Wildman–Crippen LogP) is 3.81. The molecule has 0 aliphatic rings. The summed E-state index contributed by atoms with van der Waals surface area (Å²) in [6.07, 6.45) is 1.64. The van der Waals surface area contributed by atoms with Gasteiger partial charge in [0.2, 0.25) is 0 Å². The van der Waals surface area contributed by atoms with Crippen LogP contribution in [0.15, 0.2) is 16.7 Å². The molecule has 0 unspecified atom stereocenters. The normalized spacial score (nSPS) is 11.1. The first-order valence-electron chi connectivity index (χ1n) is 3.41. The van der Waals surface area contributed by atoms with Gasteiger partial charge in [-0.1, -0.05) is 0 Å². The lowest BCUT2D eigenvalue weighted by molar-refractivity contribution is 0.511. The molecule has 68 valence electrons. The molecule has 0 fully saturated rings. The van der Waals surface area contributed by atoms with E-state index in [0.717, 1.165) is 3.57 Å². The molecule has 5 heteroatoms. The van der Waals surface area contributed by atoms with E-state index in [2.05, 4.69) is 43.5 Å². The number of hydrogen-bond acceptors (Lipinski definition) is 0. The van der Waals surface area contributed by atoms with E-state index in [1.165, 1.54) is 0 Å². The van der Waals surface area contributed by atoms with Crippen molar-refractivity contribution in [2.75, 3.05) is 0 Å². The quantitative estimate of drug-likeness (QED) is 0.545. The Labute approximate surface area is 94.8 Å². The Balaban J connectivity index is 2.96. The van der Waals surface area contributed by atoms with Crippen molar-refractivity contribution in [3.8, 4) is 0 Å². The number of aromatic amines is 1. The minimum absolute atomic E-state index is 0.148. The fourth-order valence-corrected chi connectivity index (χ4v) is 2.12. The van der Waals surface area contributed by atoms with Crippen molar-refractivity contribution in [1.29, 1.82) is 0 Å². The van der Waals surface area contributed by atoms with Crippen LogP contribution in [0.1, 0.15) is 0 Å². The van der Waals surface area contributed by atoms with E-state index in [0.29, 0.717) is 5.39 Å². The summed E-state index contributed by atoms with van der Waals surface area (Å²) in [6.45, 7) is 0. The first-order chi connectivity index (χ1) is 6.11. The minimum Gasteiger partial charge on any atom is -0.358 e. The summed E-state index contributed by atoms with van der Waals surface area (Å²) < 4.78 is 27.3. The van der Waals surface area contributed by atoms with Crippen molar-refractivity contribution < 1.29 is 8.78 Å². The molecule has 0 aliphatic carbocycles. The van der Waals surface area contributed by atoms with Gasteiger partial charge in [-0.3, -0.25) is 0 Å². The molecule has 1 aromatic heterocycles. The lowest BCUT2D eigenvalue weighted by Gasteiger charge is -1.98. The van der Waals surface area contributed by atoms with Crippen molar-refractivity contribution in [3.05, 3.63) is 31.9 Å². The van der Waals surface area contributed by atoms with Crippen molar-refractivity contribution in [1.82, 2.24) is 4.98 Å². The molecule has 0 atom stereocenters. The third-order valence-electron chi connectivity index (χ3n) is 1.76. The average molecular weight is 358 g/mol. The van der Waals surface area contributed by atoms with Crippen molar-refractivity contribution in [3.63, 3.8) is 0 Å². The Hall–Kier alpha value is -0.170. The summed E-state index contributed by atoms with van der Waals surface area (Å²) in [6, 6.07) is 1.56. The zero-order chi connectivity index (χ0) is 9.59. The molecule has 0 bridgehead atoms. The summed E-state index contributed by atoms with van der Waals surface area (Å²) in [7, 11) is 0. The second kappa shape index (κ2) is 3.20. The number of hydrogen-bond donors (Lipinski definition) is 1. The van der Waals surface area contributed by atoms with Gasteiger partial charge < -0.3 is 4.98 Å². The molecule has 0 radical (unpaired) electrons. The highest BCUT2D eigenvalue weighted by molar-refractivity contribution is 14.1. The van der Waals surface area contributed by atoms with Gasteiger partial charge in [0.05, 0.1) is 9.99 Å². The second-order valence-corrected chi connectivity index (χ2v) is 4.56. The first kappa shape index (κ1) is 9.39. The summed E-state index contributed by atoms with van der Waals surface area (Å²) in [5.41, 5.74) is 0.213. The van der Waals surface area contributed by atoms with Crippen LogP contribution in [0.2, 0.25) is 0 Å². The van der Waals surface area contributed by atoms with Crippen molar-refractivity contribution >= 4 is 49.4 Å². The van der Waals surface area contributed by atoms with Gasteiger partial charge in [0.25, 0.3) is 0 Å². The molecule has 0 saturated heterocycles. The van der Waals surface area contributed by atoms with E-state index in [-0.39, 0.29) is 9.99 Å². The van der Waals surface area contributed by atoms with Crippen LogP contribution >= 0.6 is 38.5 Å². The van der Waals surface area contributed by atoms with E-state index in [4.69, 9.17) is 0 Å². The van der Waals surface area contributed by atoms with Gasteiger partial charge in [0.1, 0.15) is 0 Å².